The quantitative estimate of drug-likeness (QED) is 0.484. The Morgan fingerprint density at radius 3 is 2.50 bits per heavy atom. The van der Waals surface area contributed by atoms with Crippen molar-refractivity contribution >= 4 is 22.5 Å². The molecular formula is C8H4ClF3N2O4. The van der Waals surface area contributed by atoms with Gasteiger partial charge in [-0.25, -0.2) is 4.98 Å². The van der Waals surface area contributed by atoms with Gasteiger partial charge in [-0.1, -0.05) is 0 Å². The number of rotatable bonds is 3. The largest absolute Gasteiger partial charge is 0.573 e. The fourth-order valence-electron chi connectivity index (χ4n) is 1.14. The Morgan fingerprint density at radius 1 is 1.56 bits per heavy atom. The molecule has 0 saturated heterocycles. The van der Waals surface area contributed by atoms with Crippen molar-refractivity contribution in [2.45, 2.75) is 13.3 Å². The molecule has 0 aliphatic rings. The number of aromatic nitrogens is 1. The van der Waals surface area contributed by atoms with E-state index in [0.717, 1.165) is 6.92 Å². The highest BCUT2D eigenvalue weighted by molar-refractivity contribution is 6.67. The summed E-state index contributed by atoms with van der Waals surface area (Å²) in [7, 11) is 0. The first-order chi connectivity index (χ1) is 8.13. The van der Waals surface area contributed by atoms with E-state index in [2.05, 4.69) is 9.72 Å². The summed E-state index contributed by atoms with van der Waals surface area (Å²) in [5.41, 5.74) is -2.04. The topological polar surface area (TPSA) is 82.3 Å². The maximum Gasteiger partial charge on any atom is 0.573 e. The third-order valence-electron chi connectivity index (χ3n) is 1.86. The predicted molar refractivity (Wildman–Crippen MR) is 52.5 cm³/mol. The van der Waals surface area contributed by atoms with Gasteiger partial charge in [0, 0.05) is 0 Å². The first-order valence-electron chi connectivity index (χ1n) is 4.23. The molecule has 18 heavy (non-hydrogen) atoms. The number of alkyl halides is 3. The maximum absolute atomic E-state index is 12.1. The van der Waals surface area contributed by atoms with Crippen molar-refractivity contribution in [1.82, 2.24) is 4.98 Å². The van der Waals surface area contributed by atoms with Gasteiger partial charge < -0.3 is 4.74 Å². The monoisotopic (exact) mass is 284 g/mol. The van der Waals surface area contributed by atoms with Crippen molar-refractivity contribution in [3.8, 4) is 5.75 Å². The van der Waals surface area contributed by atoms with E-state index in [1.165, 1.54) is 0 Å². The van der Waals surface area contributed by atoms with Gasteiger partial charge in [0.2, 0.25) is 0 Å². The van der Waals surface area contributed by atoms with Gasteiger partial charge in [-0.05, 0) is 18.5 Å². The molecule has 0 spiro atoms. The zero-order chi connectivity index (χ0) is 14.1. The minimum absolute atomic E-state index is 0.490. The van der Waals surface area contributed by atoms with Crippen LogP contribution < -0.4 is 4.74 Å². The fourth-order valence-corrected chi connectivity index (χ4v) is 1.27. The third-order valence-corrected chi connectivity index (χ3v) is 2.04. The maximum atomic E-state index is 12.1. The molecule has 0 aliphatic carbocycles. The van der Waals surface area contributed by atoms with E-state index in [-0.39, 0.29) is 0 Å². The number of halogens is 4. The zero-order valence-electron chi connectivity index (χ0n) is 8.62. The van der Waals surface area contributed by atoms with E-state index < -0.39 is 39.2 Å². The standard InChI is InChI=1S/C8H4ClF3N2O4/c1-3-4(14(16)17)2-13-5(7(9)15)6(3)18-8(10,11)12/h2H,1H3. The number of ether oxygens (including phenoxy) is 1. The average Bonchev–Trinajstić information content (AvgIpc) is 2.17. The normalized spacial score (nSPS) is 11.2. The van der Waals surface area contributed by atoms with Gasteiger partial charge in [-0.15, -0.1) is 13.2 Å². The van der Waals surface area contributed by atoms with Gasteiger partial charge in [-0.2, -0.15) is 0 Å². The Labute approximate surface area is 102 Å². The molecule has 0 amide bonds. The van der Waals surface area contributed by atoms with Crippen LogP contribution in [-0.2, 0) is 0 Å². The van der Waals surface area contributed by atoms with E-state index >= 15 is 0 Å². The Morgan fingerprint density at radius 2 is 2.11 bits per heavy atom. The summed E-state index contributed by atoms with van der Waals surface area (Å²) in [6.45, 7) is 0.990. The van der Waals surface area contributed by atoms with Crippen LogP contribution in [0.15, 0.2) is 6.20 Å². The fraction of sp³-hybridized carbons (Fsp3) is 0.250. The minimum Gasteiger partial charge on any atom is -0.403 e. The van der Waals surface area contributed by atoms with Crippen LogP contribution in [0, 0.1) is 17.0 Å². The highest BCUT2D eigenvalue weighted by atomic mass is 35.5. The summed E-state index contributed by atoms with van der Waals surface area (Å²) in [5.74, 6) is -1.07. The van der Waals surface area contributed by atoms with Crippen molar-refractivity contribution in [3.05, 3.63) is 27.6 Å². The van der Waals surface area contributed by atoms with Crippen LogP contribution in [0.3, 0.4) is 0 Å². The van der Waals surface area contributed by atoms with Gasteiger partial charge in [0.05, 0.1) is 10.5 Å². The van der Waals surface area contributed by atoms with Crippen molar-refractivity contribution in [2.24, 2.45) is 0 Å². The summed E-state index contributed by atoms with van der Waals surface area (Å²) in [4.78, 5) is 23.6. The van der Waals surface area contributed by atoms with Crippen LogP contribution in [0.25, 0.3) is 0 Å². The molecule has 0 saturated carbocycles. The molecule has 0 radical (unpaired) electrons. The van der Waals surface area contributed by atoms with Gasteiger partial charge >= 0.3 is 6.36 Å². The second-order valence-corrected chi connectivity index (χ2v) is 3.37. The molecule has 0 unspecified atom stereocenters. The van der Waals surface area contributed by atoms with Crippen LogP contribution in [0.5, 0.6) is 5.75 Å². The van der Waals surface area contributed by atoms with Gasteiger partial charge in [0.15, 0.2) is 11.4 Å². The van der Waals surface area contributed by atoms with Crippen LogP contribution in [0.1, 0.15) is 16.1 Å². The molecule has 0 atom stereocenters. The molecule has 0 aliphatic heterocycles. The molecular weight excluding hydrogens is 281 g/mol. The van der Waals surface area contributed by atoms with E-state index in [4.69, 9.17) is 11.6 Å². The van der Waals surface area contributed by atoms with E-state index in [0.29, 0.717) is 6.20 Å². The lowest BCUT2D eigenvalue weighted by molar-refractivity contribution is -0.386. The number of nitro groups is 1. The second kappa shape index (κ2) is 4.77. The smallest absolute Gasteiger partial charge is 0.403 e. The van der Waals surface area contributed by atoms with Crippen LogP contribution in [-0.4, -0.2) is 21.5 Å². The average molecular weight is 285 g/mol. The number of carbonyl (C=O) groups excluding carboxylic acids is 1. The summed E-state index contributed by atoms with van der Waals surface area (Å²) >= 11 is 5.02. The predicted octanol–water partition coefficient (Wildman–Crippen LogP) is 2.58. The Kier molecular flexibility index (Phi) is 3.75. The number of carbonyl (C=O) groups is 1. The minimum atomic E-state index is -5.12. The number of nitrogens with zero attached hydrogens (tertiary/aromatic N) is 2. The Hall–Kier alpha value is -1.90. The Bertz CT molecular complexity index is 518. The molecule has 10 heteroatoms. The summed E-state index contributed by atoms with van der Waals surface area (Å²) in [6.07, 6.45) is -4.49. The van der Waals surface area contributed by atoms with Crippen LogP contribution in [0.4, 0.5) is 18.9 Å². The van der Waals surface area contributed by atoms with E-state index in [9.17, 15) is 28.1 Å². The molecule has 6 nitrogen and oxygen atoms in total. The molecule has 1 aromatic heterocycles. The molecule has 1 heterocycles. The van der Waals surface area contributed by atoms with Crippen molar-refractivity contribution < 1.29 is 27.6 Å². The number of pyridine rings is 1. The van der Waals surface area contributed by atoms with Gasteiger partial charge in [0.25, 0.3) is 10.9 Å². The summed E-state index contributed by atoms with van der Waals surface area (Å²) in [6, 6.07) is 0. The van der Waals surface area contributed by atoms with Crippen molar-refractivity contribution in [2.75, 3.05) is 0 Å². The Balaban J connectivity index is 3.45. The van der Waals surface area contributed by atoms with Gasteiger partial charge in [0.1, 0.15) is 6.20 Å². The number of hydrogen-bond acceptors (Lipinski definition) is 5. The van der Waals surface area contributed by atoms with Crippen molar-refractivity contribution in [3.63, 3.8) is 0 Å². The van der Waals surface area contributed by atoms with Crippen LogP contribution >= 0.6 is 11.6 Å². The number of hydrogen-bond donors (Lipinski definition) is 0. The first-order valence-corrected chi connectivity index (χ1v) is 4.61. The lowest BCUT2D eigenvalue weighted by Crippen LogP contribution is -2.20. The summed E-state index contributed by atoms with van der Waals surface area (Å²) in [5, 5.41) is 9.22. The highest BCUT2D eigenvalue weighted by Gasteiger charge is 2.36. The van der Waals surface area contributed by atoms with E-state index in [1.54, 1.807) is 0 Å². The molecule has 0 N–H and O–H groups in total. The van der Waals surface area contributed by atoms with Crippen LogP contribution in [0.2, 0.25) is 0 Å². The molecule has 0 aromatic carbocycles. The third kappa shape index (κ3) is 3.06. The molecule has 1 rings (SSSR count). The van der Waals surface area contributed by atoms with Gasteiger partial charge in [-0.3, -0.25) is 14.9 Å². The molecule has 0 bridgehead atoms. The lowest BCUT2D eigenvalue weighted by atomic mass is 10.2. The van der Waals surface area contributed by atoms with Crippen molar-refractivity contribution in [1.29, 1.82) is 0 Å². The lowest BCUT2D eigenvalue weighted by Gasteiger charge is -2.12. The summed E-state index contributed by atoms with van der Waals surface area (Å²) < 4.78 is 39.9. The SMILES string of the molecule is Cc1c([N+](=O)[O-])cnc(C(=O)Cl)c1OC(F)(F)F. The highest BCUT2D eigenvalue weighted by Crippen LogP contribution is 2.34. The molecule has 98 valence electrons. The zero-order valence-corrected chi connectivity index (χ0v) is 9.37. The van der Waals surface area contributed by atoms with E-state index in [1.807, 2.05) is 0 Å². The second-order valence-electron chi connectivity index (χ2n) is 3.02. The first kappa shape index (κ1) is 14.2. The molecule has 1 aromatic rings. The molecule has 0 fully saturated rings.